The van der Waals surface area contributed by atoms with Gasteiger partial charge in [-0.15, -0.1) is 11.8 Å². The van der Waals surface area contributed by atoms with Crippen molar-refractivity contribution in [1.29, 1.82) is 0 Å². The van der Waals surface area contributed by atoms with E-state index in [9.17, 15) is 4.39 Å². The molecule has 1 atom stereocenters. The van der Waals surface area contributed by atoms with Gasteiger partial charge in [-0.3, -0.25) is 0 Å². The zero-order valence-electron chi connectivity index (χ0n) is 10.8. The third kappa shape index (κ3) is 3.86. The smallest absolute Gasteiger partial charge is 0.124 e. The van der Waals surface area contributed by atoms with Crippen LogP contribution in [0.1, 0.15) is 18.5 Å². The van der Waals surface area contributed by atoms with E-state index in [1.807, 2.05) is 0 Å². The highest BCUT2D eigenvalue weighted by atomic mass is 127. The van der Waals surface area contributed by atoms with Crippen molar-refractivity contribution in [2.24, 2.45) is 0 Å². The summed E-state index contributed by atoms with van der Waals surface area (Å²) in [5, 5.41) is 3.41. The number of halogens is 2. The molecule has 2 aromatic rings. The van der Waals surface area contributed by atoms with Crippen LogP contribution in [0, 0.1) is 9.39 Å². The van der Waals surface area contributed by atoms with Crippen molar-refractivity contribution < 1.29 is 4.39 Å². The minimum absolute atomic E-state index is 0.190. The summed E-state index contributed by atoms with van der Waals surface area (Å²) in [5.41, 5.74) is 2.18. The molecule has 0 fully saturated rings. The maximum Gasteiger partial charge on any atom is 0.124 e. The Kier molecular flexibility index (Phi) is 5.10. The fourth-order valence-corrected chi connectivity index (χ4v) is 2.86. The average molecular weight is 387 g/mol. The Morgan fingerprint density at radius 3 is 2.42 bits per heavy atom. The standard InChI is InChI=1S/C15H15FINS/c1-10(11-3-6-13(19-2)7-4-11)18-15-8-5-12(16)9-14(15)17/h3-10,18H,1-2H3. The van der Waals surface area contributed by atoms with Gasteiger partial charge in [-0.25, -0.2) is 4.39 Å². The second-order valence-corrected chi connectivity index (χ2v) is 6.31. The first-order valence-electron chi connectivity index (χ1n) is 5.95. The van der Waals surface area contributed by atoms with E-state index < -0.39 is 0 Å². The fraction of sp³-hybridized carbons (Fsp3) is 0.200. The van der Waals surface area contributed by atoms with Gasteiger partial charge in [0.2, 0.25) is 0 Å². The number of nitrogens with one attached hydrogen (secondary N) is 1. The Hall–Kier alpha value is -0.750. The lowest BCUT2D eigenvalue weighted by atomic mass is 10.1. The molecule has 4 heteroatoms. The molecule has 0 heterocycles. The molecule has 0 aromatic heterocycles. The normalized spacial score (nSPS) is 12.2. The lowest BCUT2D eigenvalue weighted by molar-refractivity contribution is 0.627. The molecule has 0 saturated carbocycles. The molecule has 0 bridgehead atoms. The van der Waals surface area contributed by atoms with E-state index >= 15 is 0 Å². The van der Waals surface area contributed by atoms with Gasteiger partial charge in [0.25, 0.3) is 0 Å². The van der Waals surface area contributed by atoms with Gasteiger partial charge in [0.15, 0.2) is 0 Å². The van der Waals surface area contributed by atoms with E-state index in [-0.39, 0.29) is 11.9 Å². The summed E-state index contributed by atoms with van der Waals surface area (Å²) >= 11 is 3.88. The molecule has 0 aliphatic heterocycles. The number of hydrogen-bond acceptors (Lipinski definition) is 2. The van der Waals surface area contributed by atoms with Crippen LogP contribution in [0.4, 0.5) is 10.1 Å². The minimum Gasteiger partial charge on any atom is -0.378 e. The van der Waals surface area contributed by atoms with Crippen molar-refractivity contribution in [3.05, 3.63) is 57.4 Å². The molecule has 0 aliphatic rings. The lowest BCUT2D eigenvalue weighted by Gasteiger charge is -2.17. The SMILES string of the molecule is CSc1ccc(C(C)Nc2ccc(F)cc2I)cc1. The van der Waals surface area contributed by atoms with Crippen LogP contribution in [0.2, 0.25) is 0 Å². The van der Waals surface area contributed by atoms with Crippen LogP contribution < -0.4 is 5.32 Å². The molecule has 1 unspecified atom stereocenters. The van der Waals surface area contributed by atoms with Gasteiger partial charge in [-0.05, 0) is 71.7 Å². The quantitative estimate of drug-likeness (QED) is 0.563. The van der Waals surface area contributed by atoms with E-state index in [0.29, 0.717) is 0 Å². The van der Waals surface area contributed by atoms with Crippen LogP contribution in [-0.2, 0) is 0 Å². The lowest BCUT2D eigenvalue weighted by Crippen LogP contribution is -2.07. The monoisotopic (exact) mass is 387 g/mol. The van der Waals surface area contributed by atoms with Gasteiger partial charge in [-0.2, -0.15) is 0 Å². The number of thioether (sulfide) groups is 1. The van der Waals surface area contributed by atoms with Crippen LogP contribution >= 0.6 is 34.4 Å². The van der Waals surface area contributed by atoms with Crippen LogP contribution in [0.5, 0.6) is 0 Å². The van der Waals surface area contributed by atoms with Crippen molar-refractivity contribution in [2.75, 3.05) is 11.6 Å². The van der Waals surface area contributed by atoms with E-state index in [1.54, 1.807) is 17.8 Å². The van der Waals surface area contributed by atoms with Gasteiger partial charge in [-0.1, -0.05) is 12.1 Å². The molecule has 2 aromatic carbocycles. The highest BCUT2D eigenvalue weighted by molar-refractivity contribution is 14.1. The van der Waals surface area contributed by atoms with E-state index in [1.165, 1.54) is 22.6 Å². The molecule has 0 amide bonds. The Labute approximate surface area is 131 Å². The Balaban J connectivity index is 2.13. The van der Waals surface area contributed by atoms with Crippen molar-refractivity contribution in [1.82, 2.24) is 0 Å². The molecule has 1 N–H and O–H groups in total. The summed E-state index contributed by atoms with van der Waals surface area (Å²) in [6, 6.07) is 13.5. The van der Waals surface area contributed by atoms with Crippen molar-refractivity contribution in [3.63, 3.8) is 0 Å². The summed E-state index contributed by atoms with van der Waals surface area (Å²) in [5.74, 6) is -0.202. The summed E-state index contributed by atoms with van der Waals surface area (Å²) in [6.07, 6.45) is 2.07. The van der Waals surface area contributed by atoms with E-state index in [4.69, 9.17) is 0 Å². The third-order valence-corrected chi connectivity index (χ3v) is 4.56. The molecule has 19 heavy (non-hydrogen) atoms. The second-order valence-electron chi connectivity index (χ2n) is 4.26. The minimum atomic E-state index is -0.202. The highest BCUT2D eigenvalue weighted by Crippen LogP contribution is 2.25. The Bertz CT molecular complexity index is 557. The van der Waals surface area contributed by atoms with Crippen LogP contribution in [0.3, 0.4) is 0 Å². The Morgan fingerprint density at radius 1 is 1.16 bits per heavy atom. The molecule has 0 aliphatic carbocycles. The van der Waals surface area contributed by atoms with Gasteiger partial charge >= 0.3 is 0 Å². The first-order chi connectivity index (χ1) is 9.10. The van der Waals surface area contributed by atoms with Crippen LogP contribution in [0.15, 0.2) is 47.4 Å². The zero-order valence-corrected chi connectivity index (χ0v) is 13.8. The van der Waals surface area contributed by atoms with E-state index in [0.717, 1.165) is 9.26 Å². The summed E-state index contributed by atoms with van der Waals surface area (Å²) in [4.78, 5) is 1.26. The molecule has 1 nitrogen and oxygen atoms in total. The predicted octanol–water partition coefficient (Wildman–Crippen LogP) is 5.33. The third-order valence-electron chi connectivity index (χ3n) is 2.92. The maximum absolute atomic E-state index is 13.1. The highest BCUT2D eigenvalue weighted by Gasteiger charge is 2.08. The molecule has 0 saturated heterocycles. The number of anilines is 1. The summed E-state index contributed by atoms with van der Waals surface area (Å²) < 4.78 is 14.0. The van der Waals surface area contributed by atoms with Gasteiger partial charge < -0.3 is 5.32 Å². The molecule has 100 valence electrons. The topological polar surface area (TPSA) is 12.0 Å². The summed E-state index contributed by atoms with van der Waals surface area (Å²) in [6.45, 7) is 2.10. The van der Waals surface area contributed by atoms with Crippen molar-refractivity contribution in [3.8, 4) is 0 Å². The first-order valence-corrected chi connectivity index (χ1v) is 8.26. The molecular formula is C15H15FINS. The molecular weight excluding hydrogens is 372 g/mol. The molecule has 0 spiro atoms. The molecule has 2 rings (SSSR count). The van der Waals surface area contributed by atoms with Crippen molar-refractivity contribution >= 4 is 40.0 Å². The predicted molar refractivity (Wildman–Crippen MR) is 89.4 cm³/mol. The van der Waals surface area contributed by atoms with Crippen LogP contribution in [-0.4, -0.2) is 6.26 Å². The number of hydrogen-bond donors (Lipinski definition) is 1. The molecule has 0 radical (unpaired) electrons. The van der Waals surface area contributed by atoms with Gasteiger partial charge in [0.05, 0.1) is 0 Å². The largest absolute Gasteiger partial charge is 0.378 e. The number of benzene rings is 2. The number of rotatable bonds is 4. The van der Waals surface area contributed by atoms with Gasteiger partial charge in [0.1, 0.15) is 5.82 Å². The fourth-order valence-electron chi connectivity index (χ4n) is 1.82. The second kappa shape index (κ2) is 6.61. The summed E-state index contributed by atoms with van der Waals surface area (Å²) in [7, 11) is 0. The average Bonchev–Trinajstić information content (AvgIpc) is 2.42. The van der Waals surface area contributed by atoms with Gasteiger partial charge in [0, 0.05) is 20.2 Å². The van der Waals surface area contributed by atoms with E-state index in [2.05, 4.69) is 65.4 Å². The van der Waals surface area contributed by atoms with Crippen LogP contribution in [0.25, 0.3) is 0 Å². The van der Waals surface area contributed by atoms with Crippen molar-refractivity contribution in [2.45, 2.75) is 17.9 Å². The zero-order chi connectivity index (χ0) is 13.8. The maximum atomic E-state index is 13.1. The first kappa shape index (κ1) is 14.7. The Morgan fingerprint density at radius 2 is 1.84 bits per heavy atom.